The van der Waals surface area contributed by atoms with Crippen molar-refractivity contribution in [3.05, 3.63) is 0 Å². The van der Waals surface area contributed by atoms with Gasteiger partial charge in [0, 0.05) is 19.6 Å². The molecule has 5 nitrogen and oxygen atoms in total. The first-order valence-corrected chi connectivity index (χ1v) is 5.73. The summed E-state index contributed by atoms with van der Waals surface area (Å²) in [4.78, 5) is 13.6. The van der Waals surface area contributed by atoms with E-state index < -0.39 is 5.60 Å². The fraction of sp³-hybridized carbons (Fsp3) is 0.909. The Morgan fingerprint density at radius 1 is 1.41 bits per heavy atom. The highest BCUT2D eigenvalue weighted by Crippen LogP contribution is 2.23. The average molecular weight is 265 g/mol. The third-order valence-electron chi connectivity index (χ3n) is 2.79. The van der Waals surface area contributed by atoms with Gasteiger partial charge in [-0.2, -0.15) is 0 Å². The predicted molar refractivity (Wildman–Crippen MR) is 66.6 cm³/mol. The molecule has 0 aromatic rings. The topological polar surface area (TPSA) is 50.8 Å². The maximum Gasteiger partial charge on any atom is 0.410 e. The standard InChI is InChI=1S/C11H20N2O3.ClH/c1-10(2,3)16-9(14)13-4-5-15-11(8-13)6-12-7-11;/h12H,4-8H2,1-3H3;1H. The van der Waals surface area contributed by atoms with E-state index in [1.54, 1.807) is 4.90 Å². The van der Waals surface area contributed by atoms with Gasteiger partial charge in [-0.05, 0) is 20.8 Å². The van der Waals surface area contributed by atoms with Gasteiger partial charge in [0.15, 0.2) is 0 Å². The molecular formula is C11H21ClN2O3. The fourth-order valence-corrected chi connectivity index (χ4v) is 1.94. The molecule has 17 heavy (non-hydrogen) atoms. The average Bonchev–Trinajstić information content (AvgIpc) is 2.13. The first-order chi connectivity index (χ1) is 7.40. The highest BCUT2D eigenvalue weighted by atomic mass is 35.5. The first-order valence-electron chi connectivity index (χ1n) is 5.73. The number of halogens is 1. The van der Waals surface area contributed by atoms with Crippen LogP contribution in [0, 0.1) is 0 Å². The summed E-state index contributed by atoms with van der Waals surface area (Å²) in [6.45, 7) is 9.15. The van der Waals surface area contributed by atoms with E-state index in [1.165, 1.54) is 0 Å². The molecule has 2 aliphatic rings. The zero-order valence-electron chi connectivity index (χ0n) is 10.6. The molecular weight excluding hydrogens is 244 g/mol. The molecule has 0 aromatic heterocycles. The van der Waals surface area contributed by atoms with Gasteiger partial charge in [0.05, 0.1) is 13.2 Å². The van der Waals surface area contributed by atoms with Crippen LogP contribution in [0.3, 0.4) is 0 Å². The Bertz CT molecular complexity index is 287. The molecule has 100 valence electrons. The summed E-state index contributed by atoms with van der Waals surface area (Å²) < 4.78 is 11.1. The van der Waals surface area contributed by atoms with Crippen LogP contribution in [0.2, 0.25) is 0 Å². The summed E-state index contributed by atoms with van der Waals surface area (Å²) in [5, 5.41) is 3.18. The van der Waals surface area contributed by atoms with Crippen LogP contribution in [0.4, 0.5) is 4.79 Å². The number of amides is 1. The zero-order chi connectivity index (χ0) is 11.8. The van der Waals surface area contributed by atoms with Gasteiger partial charge in [0.1, 0.15) is 11.2 Å². The molecule has 0 saturated carbocycles. The van der Waals surface area contributed by atoms with Crippen molar-refractivity contribution < 1.29 is 14.3 Å². The minimum absolute atomic E-state index is 0. The normalized spacial score (nSPS) is 22.6. The molecule has 0 aliphatic carbocycles. The number of ether oxygens (including phenoxy) is 2. The number of rotatable bonds is 0. The highest BCUT2D eigenvalue weighted by molar-refractivity contribution is 5.85. The van der Waals surface area contributed by atoms with Crippen LogP contribution in [0.5, 0.6) is 0 Å². The van der Waals surface area contributed by atoms with E-state index >= 15 is 0 Å². The van der Waals surface area contributed by atoms with Gasteiger partial charge in [-0.15, -0.1) is 12.4 Å². The van der Waals surface area contributed by atoms with Crippen LogP contribution < -0.4 is 5.32 Å². The van der Waals surface area contributed by atoms with Crippen LogP contribution >= 0.6 is 12.4 Å². The Kier molecular flexibility index (Phi) is 4.28. The third-order valence-corrected chi connectivity index (χ3v) is 2.79. The molecule has 2 aliphatic heterocycles. The quantitative estimate of drug-likeness (QED) is 0.710. The molecule has 0 aromatic carbocycles. The van der Waals surface area contributed by atoms with Gasteiger partial charge in [-0.25, -0.2) is 4.79 Å². The number of nitrogens with zero attached hydrogens (tertiary/aromatic N) is 1. The Balaban J connectivity index is 0.00000144. The van der Waals surface area contributed by atoms with E-state index in [-0.39, 0.29) is 24.1 Å². The van der Waals surface area contributed by atoms with E-state index in [9.17, 15) is 4.79 Å². The number of nitrogens with one attached hydrogen (secondary N) is 1. The van der Waals surface area contributed by atoms with Crippen molar-refractivity contribution in [3.63, 3.8) is 0 Å². The molecule has 0 atom stereocenters. The van der Waals surface area contributed by atoms with E-state index in [2.05, 4.69) is 5.32 Å². The zero-order valence-corrected chi connectivity index (χ0v) is 11.4. The minimum atomic E-state index is -0.430. The molecule has 0 unspecified atom stereocenters. The maximum absolute atomic E-state index is 11.9. The Morgan fingerprint density at radius 3 is 2.53 bits per heavy atom. The molecule has 1 amide bonds. The van der Waals surface area contributed by atoms with Crippen molar-refractivity contribution in [2.75, 3.05) is 32.8 Å². The van der Waals surface area contributed by atoms with Crippen molar-refractivity contribution in [2.24, 2.45) is 0 Å². The predicted octanol–water partition coefficient (Wildman–Crippen LogP) is 1.02. The Labute approximate surface area is 108 Å². The molecule has 2 saturated heterocycles. The van der Waals surface area contributed by atoms with Gasteiger partial charge in [0.25, 0.3) is 0 Å². The number of carbonyl (C=O) groups excluding carboxylic acids is 1. The molecule has 1 N–H and O–H groups in total. The van der Waals surface area contributed by atoms with Crippen molar-refractivity contribution in [1.82, 2.24) is 10.2 Å². The SMILES string of the molecule is CC(C)(C)OC(=O)N1CCOC2(CNC2)C1.Cl. The summed E-state index contributed by atoms with van der Waals surface area (Å²) in [5.74, 6) is 0. The number of carbonyl (C=O) groups is 1. The summed E-state index contributed by atoms with van der Waals surface area (Å²) in [7, 11) is 0. The van der Waals surface area contributed by atoms with Crippen molar-refractivity contribution >= 4 is 18.5 Å². The number of hydrogen-bond acceptors (Lipinski definition) is 4. The van der Waals surface area contributed by atoms with Crippen LogP contribution in [-0.4, -0.2) is 55.0 Å². The highest BCUT2D eigenvalue weighted by Gasteiger charge is 2.44. The summed E-state index contributed by atoms with van der Waals surface area (Å²) in [6, 6.07) is 0. The smallest absolute Gasteiger partial charge is 0.410 e. The van der Waals surface area contributed by atoms with E-state index in [4.69, 9.17) is 9.47 Å². The van der Waals surface area contributed by atoms with Gasteiger partial charge in [-0.3, -0.25) is 0 Å². The van der Waals surface area contributed by atoms with E-state index in [0.29, 0.717) is 19.7 Å². The Morgan fingerprint density at radius 2 is 2.06 bits per heavy atom. The van der Waals surface area contributed by atoms with Crippen LogP contribution in [0.15, 0.2) is 0 Å². The van der Waals surface area contributed by atoms with Crippen LogP contribution in [0.25, 0.3) is 0 Å². The lowest BCUT2D eigenvalue weighted by molar-refractivity contribution is -0.133. The molecule has 6 heteroatoms. The Hall–Kier alpha value is -0.520. The monoisotopic (exact) mass is 264 g/mol. The third kappa shape index (κ3) is 3.47. The molecule has 2 fully saturated rings. The van der Waals surface area contributed by atoms with Crippen molar-refractivity contribution in [2.45, 2.75) is 32.0 Å². The lowest BCUT2D eigenvalue weighted by Crippen LogP contribution is -2.69. The molecule has 0 bridgehead atoms. The van der Waals surface area contributed by atoms with Gasteiger partial charge in [0.2, 0.25) is 0 Å². The largest absolute Gasteiger partial charge is 0.444 e. The van der Waals surface area contributed by atoms with Gasteiger partial charge < -0.3 is 19.7 Å². The summed E-state index contributed by atoms with van der Waals surface area (Å²) >= 11 is 0. The molecule has 2 heterocycles. The lowest BCUT2D eigenvalue weighted by atomic mass is 9.95. The van der Waals surface area contributed by atoms with Crippen LogP contribution in [-0.2, 0) is 9.47 Å². The molecule has 2 rings (SSSR count). The maximum atomic E-state index is 11.9. The second-order valence-electron chi connectivity index (χ2n) is 5.54. The minimum Gasteiger partial charge on any atom is -0.444 e. The van der Waals surface area contributed by atoms with Gasteiger partial charge >= 0.3 is 6.09 Å². The van der Waals surface area contributed by atoms with Crippen molar-refractivity contribution in [1.29, 1.82) is 0 Å². The second-order valence-corrected chi connectivity index (χ2v) is 5.54. The van der Waals surface area contributed by atoms with Crippen LogP contribution in [0.1, 0.15) is 20.8 Å². The summed E-state index contributed by atoms with van der Waals surface area (Å²) in [6.07, 6.45) is -0.234. The number of hydrogen-bond donors (Lipinski definition) is 1. The van der Waals surface area contributed by atoms with E-state index in [1.807, 2.05) is 20.8 Å². The number of morpholine rings is 1. The second kappa shape index (κ2) is 5.00. The van der Waals surface area contributed by atoms with Crippen molar-refractivity contribution in [3.8, 4) is 0 Å². The van der Waals surface area contributed by atoms with E-state index in [0.717, 1.165) is 13.1 Å². The lowest BCUT2D eigenvalue weighted by Gasteiger charge is -2.48. The van der Waals surface area contributed by atoms with Gasteiger partial charge in [-0.1, -0.05) is 0 Å². The molecule has 0 radical (unpaired) electrons. The molecule has 1 spiro atoms. The summed E-state index contributed by atoms with van der Waals surface area (Å²) in [5.41, 5.74) is -0.588. The first kappa shape index (κ1) is 14.5. The fourth-order valence-electron chi connectivity index (χ4n) is 1.94.